The highest BCUT2D eigenvalue weighted by atomic mass is 32.1. The fraction of sp³-hybridized carbons (Fsp3) is 0.400. The molecule has 1 aliphatic heterocycles. The lowest BCUT2D eigenvalue weighted by Crippen LogP contribution is -2.51. The molecule has 0 bridgehead atoms. The predicted molar refractivity (Wildman–Crippen MR) is 189 cm³/mol. The van der Waals surface area contributed by atoms with Crippen LogP contribution in [-0.2, 0) is 17.9 Å². The highest BCUT2D eigenvalue weighted by Gasteiger charge is 2.37. The molecule has 50 heavy (non-hydrogen) atoms. The van der Waals surface area contributed by atoms with Gasteiger partial charge in [-0.2, -0.15) is 0 Å². The van der Waals surface area contributed by atoms with Crippen LogP contribution in [0.3, 0.4) is 0 Å². The maximum absolute atomic E-state index is 15.9. The summed E-state index contributed by atoms with van der Waals surface area (Å²) < 4.78 is 25.2. The summed E-state index contributed by atoms with van der Waals surface area (Å²) in [4.78, 5) is 46.6. The van der Waals surface area contributed by atoms with E-state index in [1.807, 2.05) is 36.2 Å². The molecule has 1 saturated carbocycles. The number of carbonyl (C=O) groups excluding carboxylic acids is 1. The third kappa shape index (κ3) is 6.04. The van der Waals surface area contributed by atoms with Crippen LogP contribution in [0, 0.1) is 12.7 Å². The number of pyridine rings is 1. The van der Waals surface area contributed by atoms with Crippen molar-refractivity contribution in [2.75, 3.05) is 31.6 Å². The first-order chi connectivity index (χ1) is 23.9. The summed E-state index contributed by atoms with van der Waals surface area (Å²) in [5.74, 6) is -2.24. The van der Waals surface area contributed by atoms with E-state index in [1.165, 1.54) is 13.3 Å². The van der Waals surface area contributed by atoms with E-state index >= 15 is 4.39 Å². The molecule has 2 aliphatic carbocycles. The SMILES string of the molecule is COc1c(N2CCN(Cc3cn(CCC4C(=O)/C(=N\C(N)=S)c5cc(C)ccc54)nn3)C(C)C2)c(F)cc2c(=O)c(C(=O)O)cn(C3CC3)c12. The fourth-order valence-corrected chi connectivity index (χ4v) is 7.37. The number of rotatable bonds is 9. The molecule has 7 rings (SSSR count). The number of benzene rings is 2. The first-order valence-electron chi connectivity index (χ1n) is 16.5. The molecule has 2 aromatic carbocycles. The number of methoxy groups -OCH3 is 1. The van der Waals surface area contributed by atoms with Crippen molar-refractivity contribution in [3.8, 4) is 5.75 Å². The molecule has 15 heteroatoms. The van der Waals surface area contributed by atoms with Crippen LogP contribution in [0.25, 0.3) is 10.9 Å². The molecule has 2 atom stereocenters. The number of aryl methyl sites for hydroxylation is 2. The number of halogens is 1. The lowest BCUT2D eigenvalue weighted by Gasteiger charge is -2.41. The van der Waals surface area contributed by atoms with Crippen molar-refractivity contribution >= 4 is 51.4 Å². The van der Waals surface area contributed by atoms with Gasteiger partial charge in [-0.05, 0) is 63.0 Å². The zero-order valence-corrected chi connectivity index (χ0v) is 28.7. The number of carboxylic acids is 1. The molecule has 3 N–H and O–H groups in total. The van der Waals surface area contributed by atoms with Crippen molar-refractivity contribution in [2.24, 2.45) is 10.7 Å². The zero-order valence-electron chi connectivity index (χ0n) is 27.9. The Bertz CT molecular complexity index is 2160. The largest absolute Gasteiger partial charge is 0.492 e. The Morgan fingerprint density at radius 1 is 1.20 bits per heavy atom. The average Bonchev–Trinajstić information content (AvgIpc) is 3.77. The van der Waals surface area contributed by atoms with Crippen LogP contribution in [0.1, 0.15) is 70.9 Å². The maximum atomic E-state index is 15.9. The zero-order chi connectivity index (χ0) is 35.4. The number of piperazine rings is 1. The lowest BCUT2D eigenvalue weighted by molar-refractivity contribution is -0.114. The second kappa shape index (κ2) is 13.0. The van der Waals surface area contributed by atoms with Gasteiger partial charge in [-0.15, -0.1) is 5.10 Å². The van der Waals surface area contributed by atoms with E-state index in [0.717, 1.165) is 41.3 Å². The number of nitrogens with zero attached hydrogens (tertiary/aromatic N) is 7. The molecule has 0 spiro atoms. The van der Waals surface area contributed by atoms with E-state index in [2.05, 4.69) is 27.1 Å². The van der Waals surface area contributed by atoms with Crippen LogP contribution in [-0.4, -0.2) is 84.9 Å². The molecule has 2 fully saturated rings. The smallest absolute Gasteiger partial charge is 0.341 e. The number of carbonyl (C=O) groups is 2. The van der Waals surface area contributed by atoms with Gasteiger partial charge >= 0.3 is 5.97 Å². The molecule has 2 unspecified atom stereocenters. The molecule has 1 saturated heterocycles. The van der Waals surface area contributed by atoms with Crippen molar-refractivity contribution in [1.29, 1.82) is 0 Å². The number of anilines is 1. The minimum absolute atomic E-state index is 0.00360. The topological polar surface area (TPSA) is 161 Å². The summed E-state index contributed by atoms with van der Waals surface area (Å²) in [6.07, 6.45) is 5.41. The van der Waals surface area contributed by atoms with Crippen LogP contribution in [0.15, 0.2) is 46.4 Å². The van der Waals surface area contributed by atoms with E-state index in [9.17, 15) is 19.5 Å². The molecular formula is C35H37FN8O5S. The molecule has 13 nitrogen and oxygen atoms in total. The first kappa shape index (κ1) is 33.5. The molecule has 3 heterocycles. The summed E-state index contributed by atoms with van der Waals surface area (Å²) in [6.45, 7) is 6.57. The van der Waals surface area contributed by atoms with Crippen molar-refractivity contribution in [3.63, 3.8) is 0 Å². The van der Waals surface area contributed by atoms with Crippen molar-refractivity contribution in [3.05, 3.63) is 80.6 Å². The monoisotopic (exact) mass is 700 g/mol. The Hall–Kier alpha value is -5.02. The summed E-state index contributed by atoms with van der Waals surface area (Å²) in [6, 6.07) is 7.04. The number of hydrogen-bond donors (Lipinski definition) is 2. The van der Waals surface area contributed by atoms with Gasteiger partial charge in [0.1, 0.15) is 17.0 Å². The molecule has 0 amide bonds. The number of aliphatic imine (C=N–C) groups is 1. The summed E-state index contributed by atoms with van der Waals surface area (Å²) >= 11 is 4.96. The van der Waals surface area contributed by atoms with Gasteiger partial charge in [-0.25, -0.2) is 14.2 Å². The Balaban J connectivity index is 1.05. The van der Waals surface area contributed by atoms with Crippen LogP contribution in [0.4, 0.5) is 10.1 Å². The van der Waals surface area contributed by atoms with Crippen LogP contribution in [0.5, 0.6) is 5.75 Å². The second-order valence-corrected chi connectivity index (χ2v) is 13.7. The molecule has 3 aliphatic rings. The number of ketones is 1. The van der Waals surface area contributed by atoms with E-state index in [-0.39, 0.29) is 51.3 Å². The summed E-state index contributed by atoms with van der Waals surface area (Å²) in [5.41, 5.74) is 8.97. The number of Topliss-reactive ketones (excluding diaryl/α,β-unsaturated/α-hetero) is 1. The number of hydrogen-bond acceptors (Lipinski definition) is 9. The number of nitrogens with two attached hydrogens (primary N) is 1. The van der Waals surface area contributed by atoms with Crippen molar-refractivity contribution < 1.29 is 23.8 Å². The minimum Gasteiger partial charge on any atom is -0.492 e. The lowest BCUT2D eigenvalue weighted by atomic mass is 9.96. The van der Waals surface area contributed by atoms with E-state index in [0.29, 0.717) is 50.4 Å². The van der Waals surface area contributed by atoms with E-state index in [4.69, 9.17) is 22.7 Å². The number of ether oxygens (including phenoxy) is 1. The molecular weight excluding hydrogens is 664 g/mol. The van der Waals surface area contributed by atoms with Crippen molar-refractivity contribution in [1.82, 2.24) is 24.5 Å². The van der Waals surface area contributed by atoms with Gasteiger partial charge in [0.15, 0.2) is 22.5 Å². The highest BCUT2D eigenvalue weighted by Crippen LogP contribution is 2.44. The van der Waals surface area contributed by atoms with Gasteiger partial charge in [-0.3, -0.25) is 19.2 Å². The molecule has 0 radical (unpaired) electrons. The fourth-order valence-electron chi connectivity index (χ4n) is 7.28. The van der Waals surface area contributed by atoms with Gasteiger partial charge in [0.05, 0.1) is 29.6 Å². The average molecular weight is 701 g/mol. The van der Waals surface area contributed by atoms with Crippen LogP contribution in [0.2, 0.25) is 0 Å². The van der Waals surface area contributed by atoms with E-state index < -0.39 is 17.2 Å². The second-order valence-electron chi connectivity index (χ2n) is 13.3. The summed E-state index contributed by atoms with van der Waals surface area (Å²) in [5, 5.41) is 18.3. The number of thiocarbonyl (C=S) groups is 1. The third-order valence-electron chi connectivity index (χ3n) is 9.86. The van der Waals surface area contributed by atoms with Gasteiger partial charge in [0.25, 0.3) is 0 Å². The van der Waals surface area contributed by atoms with E-state index in [1.54, 1.807) is 9.25 Å². The number of aromatic carboxylic acids is 1. The van der Waals surface area contributed by atoms with Crippen LogP contribution < -0.4 is 20.8 Å². The van der Waals surface area contributed by atoms with Crippen LogP contribution >= 0.6 is 12.2 Å². The Labute approximate surface area is 292 Å². The van der Waals surface area contributed by atoms with Crippen molar-refractivity contribution in [2.45, 2.75) is 64.2 Å². The third-order valence-corrected chi connectivity index (χ3v) is 9.95. The van der Waals surface area contributed by atoms with Gasteiger partial charge in [0.2, 0.25) is 5.43 Å². The molecule has 2 aromatic heterocycles. The standard InChI is InChI=1S/C35H37FN8O5S/c1-18-4-7-22-23(32(46)28(24(22)12-18)38-35(37)50)8-9-43-16-20(39-40-43)15-41-10-11-42(14-19(41)2)30-27(36)13-25-29(33(30)49-3)44(21-5-6-21)17-26(31(25)45)34(47)48/h4,7,12-13,16-17,19,21,23H,5-6,8-11,14-15H2,1-3H3,(H2,37,50)(H,47,48)/b38-28-. The quantitative estimate of drug-likeness (QED) is 0.246. The number of fused-ring (bicyclic) bond motifs is 2. The van der Waals surface area contributed by atoms with Gasteiger partial charge in [-0.1, -0.05) is 22.9 Å². The maximum Gasteiger partial charge on any atom is 0.341 e. The highest BCUT2D eigenvalue weighted by molar-refractivity contribution is 7.80. The van der Waals surface area contributed by atoms with Gasteiger partial charge in [0, 0.05) is 62.8 Å². The molecule has 4 aromatic rings. The summed E-state index contributed by atoms with van der Waals surface area (Å²) in [7, 11) is 1.44. The number of aromatic nitrogens is 4. The molecule has 260 valence electrons. The minimum atomic E-state index is -1.35. The number of carboxylic acid groups (broad SMARTS) is 1. The Kier molecular flexibility index (Phi) is 8.72. The normalized spacial score (nSPS) is 20.1. The Morgan fingerprint density at radius 3 is 2.66 bits per heavy atom. The Morgan fingerprint density at radius 2 is 1.98 bits per heavy atom. The van der Waals surface area contributed by atoms with Gasteiger partial charge < -0.3 is 25.0 Å². The predicted octanol–water partition coefficient (Wildman–Crippen LogP) is 3.58. The first-order valence-corrected chi connectivity index (χ1v) is 17.0.